The maximum atomic E-state index is 12.0. The molecule has 1 aromatic carbocycles. The van der Waals surface area contributed by atoms with Crippen LogP contribution in [0.2, 0.25) is 0 Å². The van der Waals surface area contributed by atoms with Crippen LogP contribution < -0.4 is 10.2 Å². The van der Waals surface area contributed by atoms with E-state index in [-0.39, 0.29) is 17.8 Å². The quantitative estimate of drug-likeness (QED) is 0.781. The SMILES string of the molecule is CC(=O)NC[C@H]1CN(c2ccc3c(c2)CCS(O)(O)C3)C(=O)O1. The van der Waals surface area contributed by atoms with Crippen molar-refractivity contribution < 1.29 is 23.4 Å². The number of hydrogen-bond acceptors (Lipinski definition) is 5. The van der Waals surface area contributed by atoms with Crippen molar-refractivity contribution in [3.8, 4) is 0 Å². The van der Waals surface area contributed by atoms with Gasteiger partial charge in [0.2, 0.25) is 5.91 Å². The molecule has 0 spiro atoms. The Hall–Kier alpha value is -1.77. The molecular weight excluding hydrogens is 320 g/mol. The molecule has 0 aromatic heterocycles. The van der Waals surface area contributed by atoms with Crippen molar-refractivity contribution in [1.82, 2.24) is 5.32 Å². The van der Waals surface area contributed by atoms with Crippen molar-refractivity contribution in [2.75, 3.05) is 23.7 Å². The molecule has 2 heterocycles. The largest absolute Gasteiger partial charge is 0.442 e. The Labute approximate surface area is 136 Å². The number of carbonyl (C=O) groups is 2. The summed E-state index contributed by atoms with van der Waals surface area (Å²) in [4.78, 5) is 24.5. The lowest BCUT2D eigenvalue weighted by molar-refractivity contribution is -0.119. The summed E-state index contributed by atoms with van der Waals surface area (Å²) in [7, 11) is -2.51. The minimum absolute atomic E-state index is 0.160. The Morgan fingerprint density at radius 2 is 2.22 bits per heavy atom. The predicted octanol–water partition coefficient (Wildman–Crippen LogP) is 1.95. The number of anilines is 1. The normalized spacial score (nSPS) is 23.9. The maximum Gasteiger partial charge on any atom is 0.414 e. The van der Waals surface area contributed by atoms with Gasteiger partial charge >= 0.3 is 6.09 Å². The average Bonchev–Trinajstić information content (AvgIpc) is 2.85. The van der Waals surface area contributed by atoms with Crippen molar-refractivity contribution in [3.63, 3.8) is 0 Å². The number of nitrogens with one attached hydrogen (secondary N) is 1. The lowest BCUT2D eigenvalue weighted by Gasteiger charge is -2.37. The second-order valence-corrected chi connectivity index (χ2v) is 8.21. The van der Waals surface area contributed by atoms with Crippen molar-refractivity contribution >= 4 is 28.3 Å². The highest BCUT2D eigenvalue weighted by molar-refractivity contribution is 8.23. The van der Waals surface area contributed by atoms with Crippen LogP contribution in [0, 0.1) is 0 Å². The summed E-state index contributed by atoms with van der Waals surface area (Å²) in [6.45, 7) is 2.10. The van der Waals surface area contributed by atoms with Gasteiger partial charge in [-0.2, -0.15) is 10.6 Å². The van der Waals surface area contributed by atoms with Gasteiger partial charge in [0.25, 0.3) is 0 Å². The number of fused-ring (bicyclic) bond motifs is 1. The summed E-state index contributed by atoms with van der Waals surface area (Å²) in [5.41, 5.74) is 2.69. The molecule has 8 heteroatoms. The van der Waals surface area contributed by atoms with Gasteiger partial charge in [-0.15, -0.1) is 0 Å². The number of benzene rings is 1. The topological polar surface area (TPSA) is 99.1 Å². The van der Waals surface area contributed by atoms with Gasteiger partial charge in [0.1, 0.15) is 6.10 Å². The number of hydrogen-bond donors (Lipinski definition) is 3. The molecule has 23 heavy (non-hydrogen) atoms. The molecule has 2 amide bonds. The maximum absolute atomic E-state index is 12.0. The molecule has 7 nitrogen and oxygen atoms in total. The van der Waals surface area contributed by atoms with Crippen LogP contribution in [0.4, 0.5) is 10.5 Å². The standard InChI is InChI=1S/C15H20N2O5S/c1-10(18)16-7-14-8-17(15(19)22-14)13-3-2-12-9-23(20,21)5-4-11(12)6-13/h2-3,6,14,20-21H,4-5,7-9H2,1H3,(H,16,18)/t14-/m0/s1. The Balaban J connectivity index is 1.73. The van der Waals surface area contributed by atoms with Crippen LogP contribution >= 0.6 is 10.6 Å². The van der Waals surface area contributed by atoms with Crippen molar-refractivity contribution in [3.05, 3.63) is 29.3 Å². The molecule has 2 aliphatic rings. The van der Waals surface area contributed by atoms with Gasteiger partial charge in [0.15, 0.2) is 0 Å². The molecule has 126 valence electrons. The van der Waals surface area contributed by atoms with E-state index in [1.165, 1.54) is 6.92 Å². The number of cyclic esters (lactones) is 1. The summed E-state index contributed by atoms with van der Waals surface area (Å²) < 4.78 is 24.9. The van der Waals surface area contributed by atoms with E-state index in [9.17, 15) is 18.7 Å². The first-order valence-corrected chi connectivity index (χ1v) is 9.30. The van der Waals surface area contributed by atoms with E-state index < -0.39 is 16.7 Å². The van der Waals surface area contributed by atoms with Crippen molar-refractivity contribution in [1.29, 1.82) is 0 Å². The summed E-state index contributed by atoms with van der Waals surface area (Å²) in [6, 6.07) is 5.54. The number of rotatable bonds is 3. The highest BCUT2D eigenvalue weighted by atomic mass is 32.3. The van der Waals surface area contributed by atoms with Crippen LogP contribution in [-0.4, -0.2) is 46.1 Å². The smallest absolute Gasteiger partial charge is 0.414 e. The zero-order valence-corrected chi connectivity index (χ0v) is 13.6. The number of aryl methyl sites for hydroxylation is 1. The molecule has 3 N–H and O–H groups in total. The Bertz CT molecular complexity index is 649. The average molecular weight is 340 g/mol. The molecule has 1 aromatic rings. The molecule has 3 rings (SSSR count). The van der Waals surface area contributed by atoms with Crippen molar-refractivity contribution in [2.45, 2.75) is 25.2 Å². The van der Waals surface area contributed by atoms with Crippen LogP contribution in [0.3, 0.4) is 0 Å². The van der Waals surface area contributed by atoms with E-state index in [1.807, 2.05) is 12.1 Å². The Kier molecular flexibility index (Phi) is 4.22. The van der Waals surface area contributed by atoms with Crippen molar-refractivity contribution in [2.24, 2.45) is 0 Å². The first-order chi connectivity index (χ1) is 10.8. The summed E-state index contributed by atoms with van der Waals surface area (Å²) in [5, 5.41) is 2.64. The predicted molar refractivity (Wildman–Crippen MR) is 87.9 cm³/mol. The molecule has 0 unspecified atom stereocenters. The second kappa shape index (κ2) is 6.03. The summed E-state index contributed by atoms with van der Waals surface area (Å²) in [5.74, 6) is 0.476. The molecule has 0 saturated carbocycles. The molecule has 2 aliphatic heterocycles. The number of amides is 2. The van der Waals surface area contributed by atoms with Gasteiger partial charge in [-0.25, -0.2) is 4.79 Å². The summed E-state index contributed by atoms with van der Waals surface area (Å²) in [6.07, 6.45) is -0.209. The van der Waals surface area contributed by atoms with Crippen LogP contribution in [0.25, 0.3) is 0 Å². The first-order valence-electron chi connectivity index (χ1n) is 7.42. The third-order valence-corrected chi connectivity index (χ3v) is 5.67. The fourth-order valence-electron chi connectivity index (χ4n) is 2.84. The van der Waals surface area contributed by atoms with Gasteiger partial charge in [-0.1, -0.05) is 6.07 Å². The van der Waals surface area contributed by atoms with Gasteiger partial charge in [0, 0.05) is 18.4 Å². The van der Waals surface area contributed by atoms with E-state index in [2.05, 4.69) is 5.32 Å². The van der Waals surface area contributed by atoms with Crippen LogP contribution in [0.5, 0.6) is 0 Å². The second-order valence-electron chi connectivity index (χ2n) is 5.91. The number of ether oxygens (including phenoxy) is 1. The van der Waals surface area contributed by atoms with E-state index >= 15 is 0 Å². The molecule has 0 aliphatic carbocycles. The van der Waals surface area contributed by atoms with Gasteiger partial charge in [-0.3, -0.25) is 18.8 Å². The molecule has 0 bridgehead atoms. The third-order valence-electron chi connectivity index (χ3n) is 4.04. The molecule has 0 radical (unpaired) electrons. The molecular formula is C15H20N2O5S. The van der Waals surface area contributed by atoms with Gasteiger partial charge in [-0.05, 0) is 29.7 Å². The minimum Gasteiger partial charge on any atom is -0.442 e. The molecule has 1 saturated heterocycles. The lowest BCUT2D eigenvalue weighted by atomic mass is 10.0. The van der Waals surface area contributed by atoms with Gasteiger partial charge < -0.3 is 10.1 Å². The zero-order chi connectivity index (χ0) is 16.6. The number of nitrogens with zero attached hydrogens (tertiary/aromatic N) is 1. The van der Waals surface area contributed by atoms with E-state index in [1.54, 1.807) is 11.0 Å². The lowest BCUT2D eigenvalue weighted by Crippen LogP contribution is -2.33. The molecule has 1 atom stereocenters. The minimum atomic E-state index is -2.51. The van der Waals surface area contributed by atoms with Crippen LogP contribution in [-0.2, 0) is 21.7 Å². The first kappa shape index (κ1) is 16.1. The Morgan fingerprint density at radius 3 is 2.96 bits per heavy atom. The fourth-order valence-corrected chi connectivity index (χ4v) is 4.32. The zero-order valence-electron chi connectivity index (χ0n) is 12.8. The van der Waals surface area contributed by atoms with Crippen LogP contribution in [0.15, 0.2) is 18.2 Å². The van der Waals surface area contributed by atoms with E-state index in [0.29, 0.717) is 25.3 Å². The summed E-state index contributed by atoms with van der Waals surface area (Å²) >= 11 is 0. The third kappa shape index (κ3) is 3.60. The van der Waals surface area contributed by atoms with Crippen LogP contribution in [0.1, 0.15) is 18.1 Å². The van der Waals surface area contributed by atoms with E-state index in [4.69, 9.17) is 4.74 Å². The highest BCUT2D eigenvalue weighted by Crippen LogP contribution is 2.47. The number of carbonyl (C=O) groups excluding carboxylic acids is 2. The Morgan fingerprint density at radius 1 is 1.43 bits per heavy atom. The highest BCUT2D eigenvalue weighted by Gasteiger charge is 2.33. The molecule has 1 fully saturated rings. The monoisotopic (exact) mass is 340 g/mol. The fraction of sp³-hybridized carbons (Fsp3) is 0.467. The van der Waals surface area contributed by atoms with Gasteiger partial charge in [0.05, 0.1) is 18.8 Å². The van der Waals surface area contributed by atoms with E-state index in [0.717, 1.165) is 16.8 Å².